The molecule has 1 aliphatic rings. The molecule has 2 N–H and O–H groups in total. The van der Waals surface area contributed by atoms with Gasteiger partial charge in [0.1, 0.15) is 5.69 Å². The van der Waals surface area contributed by atoms with E-state index in [2.05, 4.69) is 9.98 Å². The highest BCUT2D eigenvalue weighted by atomic mass is 35.5. The molecular formula is C18H17Cl2N3OS. The molecule has 0 saturated heterocycles. The summed E-state index contributed by atoms with van der Waals surface area (Å²) in [5, 5.41) is 1.66. The molecule has 0 aliphatic carbocycles. The van der Waals surface area contributed by atoms with Crippen LogP contribution in [0.5, 0.6) is 0 Å². The van der Waals surface area contributed by atoms with Gasteiger partial charge < -0.3 is 5.73 Å². The van der Waals surface area contributed by atoms with Gasteiger partial charge in [-0.2, -0.15) is 0 Å². The van der Waals surface area contributed by atoms with E-state index in [1.807, 2.05) is 19.1 Å². The van der Waals surface area contributed by atoms with Crippen molar-refractivity contribution in [3.05, 3.63) is 63.4 Å². The number of pyridine rings is 1. The Hall–Kier alpha value is -1.56. The van der Waals surface area contributed by atoms with Gasteiger partial charge in [-0.25, -0.2) is 0 Å². The molecular weight excluding hydrogens is 377 g/mol. The van der Waals surface area contributed by atoms with E-state index in [1.54, 1.807) is 30.0 Å². The zero-order valence-corrected chi connectivity index (χ0v) is 16.0. The second-order valence-electron chi connectivity index (χ2n) is 6.13. The number of Topliss-reactive ketones (excluding diaryl/α,β-unsaturated/α-hetero) is 1. The Kier molecular flexibility index (Phi) is 5.37. The molecule has 0 saturated carbocycles. The topological polar surface area (TPSA) is 68.3 Å². The maximum absolute atomic E-state index is 12.5. The number of carbonyl (C=O) groups excluding carboxylic acids is 1. The molecule has 1 unspecified atom stereocenters. The van der Waals surface area contributed by atoms with E-state index in [4.69, 9.17) is 28.9 Å². The van der Waals surface area contributed by atoms with E-state index in [9.17, 15) is 4.79 Å². The average molecular weight is 394 g/mol. The number of benzene rings is 1. The molecule has 0 radical (unpaired) electrons. The number of thioether (sulfide) groups is 1. The molecule has 1 aromatic heterocycles. The van der Waals surface area contributed by atoms with Crippen molar-refractivity contribution in [2.45, 2.75) is 25.3 Å². The molecule has 0 amide bonds. The zero-order valence-electron chi connectivity index (χ0n) is 13.6. The van der Waals surface area contributed by atoms with Crippen molar-refractivity contribution in [2.75, 3.05) is 5.75 Å². The molecule has 2 heterocycles. The van der Waals surface area contributed by atoms with Crippen molar-refractivity contribution in [3.63, 3.8) is 0 Å². The summed E-state index contributed by atoms with van der Waals surface area (Å²) in [5.74, 6) is 0.818. The number of hydrogen-bond donors (Lipinski definition) is 1. The largest absolute Gasteiger partial charge is 0.379 e. The van der Waals surface area contributed by atoms with Gasteiger partial charge in [-0.05, 0) is 48.7 Å². The first-order chi connectivity index (χ1) is 11.9. The maximum Gasteiger partial charge on any atom is 0.185 e. The van der Waals surface area contributed by atoms with E-state index in [0.29, 0.717) is 20.9 Å². The number of nitrogens with zero attached hydrogens (tertiary/aromatic N) is 2. The van der Waals surface area contributed by atoms with Crippen molar-refractivity contribution < 1.29 is 4.79 Å². The minimum Gasteiger partial charge on any atom is -0.379 e. The van der Waals surface area contributed by atoms with Gasteiger partial charge in [0.15, 0.2) is 11.0 Å². The van der Waals surface area contributed by atoms with Crippen LogP contribution in [-0.4, -0.2) is 21.7 Å². The van der Waals surface area contributed by atoms with Crippen LogP contribution in [0.4, 0.5) is 0 Å². The Morgan fingerprint density at radius 2 is 2.08 bits per heavy atom. The minimum atomic E-state index is -0.420. The van der Waals surface area contributed by atoms with Gasteiger partial charge in [-0.1, -0.05) is 41.0 Å². The zero-order chi connectivity index (χ0) is 18.0. The molecule has 3 rings (SSSR count). The molecule has 130 valence electrons. The molecule has 1 atom stereocenters. The summed E-state index contributed by atoms with van der Waals surface area (Å²) in [5.41, 5.74) is 7.66. The number of ketones is 1. The molecule has 0 fully saturated rings. The normalized spacial score (nSPS) is 20.2. The van der Waals surface area contributed by atoms with Crippen molar-refractivity contribution in [2.24, 2.45) is 10.7 Å². The smallest absolute Gasteiger partial charge is 0.185 e. The third-order valence-corrected chi connectivity index (χ3v) is 5.39. The fraction of sp³-hybridized carbons (Fsp3) is 0.278. The number of hydrogen-bond acceptors (Lipinski definition) is 5. The average Bonchev–Trinajstić information content (AvgIpc) is 2.54. The first kappa shape index (κ1) is 18.2. The number of amidine groups is 1. The number of rotatable bonds is 4. The molecule has 4 nitrogen and oxygen atoms in total. The SMILES string of the molecule is CC1(c2cc(Cl)cc(CC(=O)c3ccc(Cl)cn3)c2)CCSC(N)=N1. The van der Waals surface area contributed by atoms with Crippen LogP contribution >= 0.6 is 35.0 Å². The van der Waals surface area contributed by atoms with E-state index in [1.165, 1.54) is 6.20 Å². The highest BCUT2D eigenvalue weighted by Gasteiger charge is 2.30. The minimum absolute atomic E-state index is 0.0859. The molecule has 7 heteroatoms. The van der Waals surface area contributed by atoms with Gasteiger partial charge in [-0.3, -0.25) is 14.8 Å². The van der Waals surface area contributed by atoms with Crippen molar-refractivity contribution >= 4 is 45.9 Å². The predicted octanol–water partition coefficient (Wildman–Crippen LogP) is 4.48. The standard InChI is InChI=1S/C18H17Cl2N3OS/c1-18(4-5-25-17(21)23-18)12-6-11(7-14(20)9-12)8-16(24)15-3-2-13(19)10-22-15/h2-3,6-7,9-10H,4-5,8H2,1H3,(H2,21,23). The van der Waals surface area contributed by atoms with Gasteiger partial charge in [-0.15, -0.1) is 0 Å². The van der Waals surface area contributed by atoms with Crippen LogP contribution in [0, 0.1) is 0 Å². The second-order valence-corrected chi connectivity index (χ2v) is 8.12. The molecule has 1 aliphatic heterocycles. The highest BCUT2D eigenvalue weighted by molar-refractivity contribution is 8.13. The van der Waals surface area contributed by atoms with E-state index >= 15 is 0 Å². The molecule has 0 bridgehead atoms. The van der Waals surface area contributed by atoms with Crippen LogP contribution in [-0.2, 0) is 12.0 Å². The van der Waals surface area contributed by atoms with Crippen molar-refractivity contribution in [3.8, 4) is 0 Å². The third-order valence-electron chi connectivity index (χ3n) is 4.15. The van der Waals surface area contributed by atoms with E-state index in [-0.39, 0.29) is 12.2 Å². The summed E-state index contributed by atoms with van der Waals surface area (Å²) < 4.78 is 0. The second kappa shape index (κ2) is 7.36. The number of halogens is 2. The first-order valence-electron chi connectivity index (χ1n) is 7.78. The maximum atomic E-state index is 12.5. The fourth-order valence-corrected chi connectivity index (χ4v) is 4.12. The predicted molar refractivity (Wildman–Crippen MR) is 105 cm³/mol. The van der Waals surface area contributed by atoms with Gasteiger partial charge in [0, 0.05) is 23.4 Å². The number of carbonyl (C=O) groups is 1. The Balaban J connectivity index is 1.88. The Morgan fingerprint density at radius 3 is 2.76 bits per heavy atom. The van der Waals surface area contributed by atoms with Crippen LogP contribution in [0.2, 0.25) is 10.0 Å². The van der Waals surface area contributed by atoms with Crippen molar-refractivity contribution in [1.82, 2.24) is 4.98 Å². The lowest BCUT2D eigenvalue weighted by Crippen LogP contribution is -2.28. The highest BCUT2D eigenvalue weighted by Crippen LogP contribution is 2.36. The van der Waals surface area contributed by atoms with Crippen LogP contribution in [0.1, 0.15) is 35.0 Å². The lowest BCUT2D eigenvalue weighted by Gasteiger charge is -2.30. The Morgan fingerprint density at radius 1 is 1.28 bits per heavy atom. The van der Waals surface area contributed by atoms with Gasteiger partial charge in [0.05, 0.1) is 10.6 Å². The lowest BCUT2D eigenvalue weighted by molar-refractivity contribution is 0.0988. The van der Waals surface area contributed by atoms with Crippen LogP contribution in [0.15, 0.2) is 41.5 Å². The van der Waals surface area contributed by atoms with Crippen LogP contribution in [0.3, 0.4) is 0 Å². The summed E-state index contributed by atoms with van der Waals surface area (Å²) in [6, 6.07) is 8.95. The Labute approximate surface area is 160 Å². The third kappa shape index (κ3) is 4.35. The van der Waals surface area contributed by atoms with Gasteiger partial charge in [0.2, 0.25) is 0 Å². The lowest BCUT2D eigenvalue weighted by atomic mass is 9.88. The summed E-state index contributed by atoms with van der Waals surface area (Å²) in [6.45, 7) is 2.04. The van der Waals surface area contributed by atoms with Gasteiger partial charge >= 0.3 is 0 Å². The molecule has 1 aromatic carbocycles. The fourth-order valence-electron chi connectivity index (χ4n) is 2.77. The van der Waals surface area contributed by atoms with Gasteiger partial charge in [0.25, 0.3) is 0 Å². The van der Waals surface area contributed by atoms with Crippen LogP contribution < -0.4 is 5.73 Å². The van der Waals surface area contributed by atoms with Crippen molar-refractivity contribution in [1.29, 1.82) is 0 Å². The summed E-state index contributed by atoms with van der Waals surface area (Å²) in [7, 11) is 0. The quantitative estimate of drug-likeness (QED) is 0.777. The van der Waals surface area contributed by atoms with Crippen LogP contribution in [0.25, 0.3) is 0 Å². The Bertz CT molecular complexity index is 839. The summed E-state index contributed by atoms with van der Waals surface area (Å²) in [4.78, 5) is 21.1. The molecule has 25 heavy (non-hydrogen) atoms. The number of aromatic nitrogens is 1. The van der Waals surface area contributed by atoms with E-state index < -0.39 is 5.54 Å². The monoisotopic (exact) mass is 393 g/mol. The van der Waals surface area contributed by atoms with E-state index in [0.717, 1.165) is 23.3 Å². The number of nitrogens with two attached hydrogens (primary N) is 1. The summed E-state index contributed by atoms with van der Waals surface area (Å²) >= 11 is 13.7. The first-order valence-corrected chi connectivity index (χ1v) is 9.53. The number of aliphatic imine (C=N–C) groups is 1. The summed E-state index contributed by atoms with van der Waals surface area (Å²) in [6.07, 6.45) is 2.55. The molecule has 2 aromatic rings. The molecule has 0 spiro atoms.